The highest BCUT2D eigenvalue weighted by molar-refractivity contribution is 7.89. The van der Waals surface area contributed by atoms with Crippen LogP contribution in [0, 0.1) is 5.92 Å². The summed E-state index contributed by atoms with van der Waals surface area (Å²) in [6.07, 6.45) is 0.934. The number of anilines is 1. The van der Waals surface area contributed by atoms with Gasteiger partial charge >= 0.3 is 5.97 Å². The van der Waals surface area contributed by atoms with Gasteiger partial charge in [-0.25, -0.2) is 8.42 Å². The third-order valence-electron chi connectivity index (χ3n) is 4.11. The number of aliphatic carboxylic acids is 1. The monoisotopic (exact) mass is 374 g/mol. The summed E-state index contributed by atoms with van der Waals surface area (Å²) in [5, 5.41) is 11.9. The summed E-state index contributed by atoms with van der Waals surface area (Å²) in [5.41, 5.74) is 0.318. The van der Waals surface area contributed by atoms with Gasteiger partial charge in [-0.2, -0.15) is 4.31 Å². The molecule has 1 saturated heterocycles. The number of nitrogens with one attached hydrogen (secondary N) is 1. The van der Waals surface area contributed by atoms with Gasteiger partial charge in [0.2, 0.25) is 15.9 Å². The number of hydrogen-bond donors (Lipinski definition) is 2. The summed E-state index contributed by atoms with van der Waals surface area (Å²) in [6.45, 7) is 3.18. The molecule has 1 aromatic rings. The van der Waals surface area contributed by atoms with Crippen LogP contribution >= 0.6 is 11.6 Å². The van der Waals surface area contributed by atoms with E-state index in [1.807, 2.05) is 0 Å². The quantitative estimate of drug-likeness (QED) is 0.840. The Morgan fingerprint density at radius 2 is 2.04 bits per heavy atom. The number of sulfonamides is 1. The summed E-state index contributed by atoms with van der Waals surface area (Å²) >= 11 is 6.04. The van der Waals surface area contributed by atoms with Crippen molar-refractivity contribution in [2.24, 2.45) is 5.92 Å². The van der Waals surface area contributed by atoms with Gasteiger partial charge in [-0.05, 0) is 38.0 Å². The van der Waals surface area contributed by atoms with Gasteiger partial charge in [-0.3, -0.25) is 9.59 Å². The zero-order chi connectivity index (χ0) is 18.1. The van der Waals surface area contributed by atoms with Crippen molar-refractivity contribution in [3.05, 3.63) is 23.2 Å². The van der Waals surface area contributed by atoms with Crippen LogP contribution in [-0.2, 0) is 19.6 Å². The fraction of sp³-hybridized carbons (Fsp3) is 0.467. The van der Waals surface area contributed by atoms with E-state index in [9.17, 15) is 23.1 Å². The average Bonchev–Trinajstić information content (AvgIpc) is 2.48. The molecule has 7 nitrogen and oxygen atoms in total. The molecule has 0 aliphatic carbocycles. The Labute approximate surface area is 145 Å². The molecule has 1 heterocycles. The number of carbonyl (C=O) groups excluding carboxylic acids is 1. The van der Waals surface area contributed by atoms with Crippen LogP contribution in [0.3, 0.4) is 0 Å². The zero-order valence-corrected chi connectivity index (χ0v) is 14.9. The molecule has 0 radical (unpaired) electrons. The molecule has 9 heteroatoms. The summed E-state index contributed by atoms with van der Waals surface area (Å²) in [4.78, 5) is 22.3. The van der Waals surface area contributed by atoms with Crippen molar-refractivity contribution >= 4 is 39.2 Å². The van der Waals surface area contributed by atoms with Gasteiger partial charge in [0, 0.05) is 19.5 Å². The molecule has 1 aliphatic rings. The Kier molecular flexibility index (Phi) is 5.52. The number of carbonyl (C=O) groups is 2. The maximum Gasteiger partial charge on any atom is 0.308 e. The molecule has 2 N–H and O–H groups in total. The fourth-order valence-corrected chi connectivity index (χ4v) is 4.89. The van der Waals surface area contributed by atoms with E-state index >= 15 is 0 Å². The van der Waals surface area contributed by atoms with Crippen LogP contribution in [0.4, 0.5) is 5.69 Å². The largest absolute Gasteiger partial charge is 0.481 e. The van der Waals surface area contributed by atoms with Gasteiger partial charge in [-0.15, -0.1) is 0 Å². The van der Waals surface area contributed by atoms with E-state index in [2.05, 4.69) is 5.32 Å². The van der Waals surface area contributed by atoms with Gasteiger partial charge in [-0.1, -0.05) is 11.6 Å². The highest BCUT2D eigenvalue weighted by Crippen LogP contribution is 2.32. The third-order valence-corrected chi connectivity index (χ3v) is 6.40. The van der Waals surface area contributed by atoms with Crippen molar-refractivity contribution < 1.29 is 23.1 Å². The first-order valence-corrected chi connectivity index (χ1v) is 9.28. The average molecular weight is 375 g/mol. The molecule has 0 saturated carbocycles. The van der Waals surface area contributed by atoms with E-state index in [0.29, 0.717) is 18.5 Å². The summed E-state index contributed by atoms with van der Waals surface area (Å²) in [7, 11) is -3.87. The molecule has 0 spiro atoms. The van der Waals surface area contributed by atoms with E-state index in [-0.39, 0.29) is 22.4 Å². The van der Waals surface area contributed by atoms with Crippen molar-refractivity contribution in [1.29, 1.82) is 0 Å². The molecular weight excluding hydrogens is 356 g/mol. The Bertz CT molecular complexity index is 765. The SMILES string of the molecule is CC(=O)Nc1ccc(S(=O)(=O)N2CCC[C@@H](C(=O)O)[C@H]2C)cc1Cl. The van der Waals surface area contributed by atoms with Crippen molar-refractivity contribution in [1.82, 2.24) is 4.31 Å². The second-order valence-corrected chi connectivity index (χ2v) is 8.06. The Hall–Kier alpha value is -1.64. The number of halogens is 1. The van der Waals surface area contributed by atoms with Crippen LogP contribution in [0.5, 0.6) is 0 Å². The van der Waals surface area contributed by atoms with Gasteiger partial charge < -0.3 is 10.4 Å². The maximum atomic E-state index is 12.8. The van der Waals surface area contributed by atoms with Gasteiger partial charge in [0.25, 0.3) is 0 Å². The summed E-state index contributed by atoms with van der Waals surface area (Å²) < 4.78 is 26.9. The highest BCUT2D eigenvalue weighted by atomic mass is 35.5. The van der Waals surface area contributed by atoms with Gasteiger partial charge in [0.15, 0.2) is 0 Å². The van der Waals surface area contributed by atoms with Crippen LogP contribution in [0.1, 0.15) is 26.7 Å². The first-order valence-electron chi connectivity index (χ1n) is 7.46. The molecule has 0 unspecified atom stereocenters. The number of nitrogens with zero attached hydrogens (tertiary/aromatic N) is 1. The highest BCUT2D eigenvalue weighted by Gasteiger charge is 2.39. The van der Waals surface area contributed by atoms with Crippen LogP contribution < -0.4 is 5.32 Å². The molecule has 132 valence electrons. The number of carboxylic acid groups (broad SMARTS) is 1. The smallest absolute Gasteiger partial charge is 0.308 e. The normalized spacial score (nSPS) is 22.1. The summed E-state index contributed by atoms with van der Waals surface area (Å²) in [6, 6.07) is 3.39. The second-order valence-electron chi connectivity index (χ2n) is 5.77. The number of benzene rings is 1. The van der Waals surface area contributed by atoms with E-state index in [0.717, 1.165) is 0 Å². The third kappa shape index (κ3) is 3.71. The number of amides is 1. The summed E-state index contributed by atoms with van der Waals surface area (Å²) in [5.74, 6) is -2.05. The van der Waals surface area contributed by atoms with Crippen LogP contribution in [0.25, 0.3) is 0 Å². The molecule has 1 fully saturated rings. The number of hydrogen-bond acceptors (Lipinski definition) is 4. The zero-order valence-electron chi connectivity index (χ0n) is 13.3. The lowest BCUT2D eigenvalue weighted by Crippen LogP contribution is -2.48. The minimum absolute atomic E-state index is 0.0282. The Morgan fingerprint density at radius 1 is 1.38 bits per heavy atom. The predicted octanol–water partition coefficient (Wildman–Crippen LogP) is 2.17. The lowest BCUT2D eigenvalue weighted by molar-refractivity contribution is -0.144. The Balaban J connectivity index is 2.34. The number of carboxylic acids is 1. The standard InChI is InChI=1S/C15H19ClN2O5S/c1-9-12(15(20)21)4-3-7-18(9)24(22,23)11-5-6-14(13(16)8-11)17-10(2)19/h5-6,8-9,12H,3-4,7H2,1-2H3,(H,17,19)(H,20,21)/t9-,12-/m1/s1. The predicted molar refractivity (Wildman–Crippen MR) is 89.5 cm³/mol. The van der Waals surface area contributed by atoms with E-state index in [4.69, 9.17) is 11.6 Å². The van der Waals surface area contributed by atoms with Crippen LogP contribution in [-0.4, -0.2) is 42.3 Å². The molecular formula is C15H19ClN2O5S. The van der Waals surface area contributed by atoms with Crippen molar-refractivity contribution in [3.63, 3.8) is 0 Å². The first kappa shape index (κ1) is 18.7. The fourth-order valence-electron chi connectivity index (χ4n) is 2.86. The minimum Gasteiger partial charge on any atom is -0.481 e. The topological polar surface area (TPSA) is 104 Å². The second kappa shape index (κ2) is 7.08. The molecule has 2 rings (SSSR count). The van der Waals surface area contributed by atoms with Crippen molar-refractivity contribution in [3.8, 4) is 0 Å². The lowest BCUT2D eigenvalue weighted by Gasteiger charge is -2.36. The Morgan fingerprint density at radius 3 is 2.58 bits per heavy atom. The van der Waals surface area contributed by atoms with Crippen molar-refractivity contribution in [2.45, 2.75) is 37.6 Å². The number of piperidine rings is 1. The number of rotatable bonds is 4. The lowest BCUT2D eigenvalue weighted by atomic mass is 9.92. The first-order chi connectivity index (χ1) is 11.1. The molecule has 1 amide bonds. The van der Waals surface area contributed by atoms with Crippen LogP contribution in [0.2, 0.25) is 5.02 Å². The van der Waals surface area contributed by atoms with E-state index in [1.54, 1.807) is 6.92 Å². The molecule has 1 aliphatic heterocycles. The molecule has 2 atom stereocenters. The maximum absolute atomic E-state index is 12.8. The molecule has 0 aromatic heterocycles. The van der Waals surface area contributed by atoms with Crippen molar-refractivity contribution in [2.75, 3.05) is 11.9 Å². The molecule has 0 bridgehead atoms. The van der Waals surface area contributed by atoms with Crippen LogP contribution in [0.15, 0.2) is 23.1 Å². The minimum atomic E-state index is -3.87. The van der Waals surface area contributed by atoms with E-state index < -0.39 is 28.0 Å². The van der Waals surface area contributed by atoms with Gasteiger partial charge in [0.05, 0.1) is 21.5 Å². The molecule has 1 aromatic carbocycles. The van der Waals surface area contributed by atoms with Gasteiger partial charge in [0.1, 0.15) is 0 Å². The van der Waals surface area contributed by atoms with E-state index in [1.165, 1.54) is 29.4 Å². The molecule has 24 heavy (non-hydrogen) atoms.